The molecule has 1 aliphatic heterocycles. The van der Waals surface area contributed by atoms with Crippen LogP contribution >= 0.6 is 23.4 Å². The van der Waals surface area contributed by atoms with Crippen molar-refractivity contribution in [2.75, 3.05) is 24.1 Å². The van der Waals surface area contributed by atoms with Crippen LogP contribution in [-0.4, -0.2) is 38.6 Å². The number of carbonyl (C=O) groups is 1. The van der Waals surface area contributed by atoms with Crippen LogP contribution in [0.4, 0.5) is 5.69 Å². The molecule has 0 saturated carbocycles. The van der Waals surface area contributed by atoms with Crippen LogP contribution in [0.1, 0.15) is 23.2 Å². The average Bonchev–Trinajstić information content (AvgIpc) is 3.35. The highest BCUT2D eigenvalue weighted by Gasteiger charge is 2.25. The van der Waals surface area contributed by atoms with E-state index in [1.807, 2.05) is 24.5 Å². The van der Waals surface area contributed by atoms with Gasteiger partial charge >= 0.3 is 0 Å². The molecule has 1 saturated heterocycles. The lowest BCUT2D eigenvalue weighted by molar-refractivity contribution is 0.0789. The molecule has 0 spiro atoms. The number of ether oxygens (including phenoxy) is 1. The number of nitrogens with one attached hydrogen (secondary N) is 1. The number of anilines is 1. The van der Waals surface area contributed by atoms with E-state index in [1.54, 1.807) is 35.2 Å². The lowest BCUT2D eigenvalue weighted by Gasteiger charge is -2.18. The van der Waals surface area contributed by atoms with Crippen LogP contribution in [0.25, 0.3) is 0 Å². The van der Waals surface area contributed by atoms with Gasteiger partial charge in [0.25, 0.3) is 15.9 Å². The minimum atomic E-state index is -4.02. The molecule has 1 N–H and O–H groups in total. The van der Waals surface area contributed by atoms with Gasteiger partial charge in [-0.25, -0.2) is 8.42 Å². The van der Waals surface area contributed by atoms with Crippen molar-refractivity contribution in [3.05, 3.63) is 77.3 Å². The summed E-state index contributed by atoms with van der Waals surface area (Å²) in [4.78, 5) is 15.5. The highest BCUT2D eigenvalue weighted by Crippen LogP contribution is 2.34. The number of hydrogen-bond donors (Lipinski definition) is 1. The Kier molecular flexibility index (Phi) is 7.17. The van der Waals surface area contributed by atoms with Crippen molar-refractivity contribution in [1.29, 1.82) is 0 Å². The molecule has 4 rings (SSSR count). The van der Waals surface area contributed by atoms with Gasteiger partial charge in [-0.15, -0.1) is 11.8 Å². The molecule has 0 aromatic heterocycles. The molecule has 1 fully saturated rings. The maximum absolute atomic E-state index is 13.3. The zero-order valence-electron chi connectivity index (χ0n) is 18.0. The Morgan fingerprint density at radius 3 is 2.45 bits per heavy atom. The third kappa shape index (κ3) is 5.46. The van der Waals surface area contributed by atoms with Gasteiger partial charge in [-0.05, 0) is 67.6 Å². The third-order valence-electron chi connectivity index (χ3n) is 5.26. The lowest BCUT2D eigenvalue weighted by Crippen LogP contribution is -2.28. The van der Waals surface area contributed by atoms with Gasteiger partial charge in [0.15, 0.2) is 5.75 Å². The zero-order chi connectivity index (χ0) is 23.4. The predicted molar refractivity (Wildman–Crippen MR) is 132 cm³/mol. The molecule has 3 aromatic carbocycles. The number of carbonyl (C=O) groups excluding carboxylic acids is 1. The van der Waals surface area contributed by atoms with Crippen LogP contribution in [0.3, 0.4) is 0 Å². The maximum Gasteiger partial charge on any atom is 0.262 e. The van der Waals surface area contributed by atoms with Gasteiger partial charge in [0, 0.05) is 23.0 Å². The molecule has 172 valence electrons. The summed E-state index contributed by atoms with van der Waals surface area (Å²) in [5.74, 6) is 0.719. The van der Waals surface area contributed by atoms with Gasteiger partial charge in [0.2, 0.25) is 0 Å². The molecule has 0 atom stereocenters. The van der Waals surface area contributed by atoms with E-state index in [-0.39, 0.29) is 16.5 Å². The van der Waals surface area contributed by atoms with Gasteiger partial charge in [0.05, 0.1) is 16.1 Å². The van der Waals surface area contributed by atoms with Crippen LogP contribution in [-0.2, 0) is 10.0 Å². The van der Waals surface area contributed by atoms with Crippen molar-refractivity contribution < 1.29 is 17.9 Å². The van der Waals surface area contributed by atoms with Crippen molar-refractivity contribution >= 4 is 45.0 Å². The van der Waals surface area contributed by atoms with Crippen molar-refractivity contribution in [3.63, 3.8) is 0 Å². The molecule has 6 nitrogen and oxygen atoms in total. The molecule has 1 amide bonds. The molecule has 0 radical (unpaired) electrons. The van der Waals surface area contributed by atoms with E-state index in [0.717, 1.165) is 17.7 Å². The maximum atomic E-state index is 13.3. The minimum Gasteiger partial charge on any atom is -0.455 e. The predicted octanol–water partition coefficient (Wildman–Crippen LogP) is 5.89. The number of halogens is 1. The Hall–Kier alpha value is -2.68. The molecular weight excluding hydrogens is 480 g/mol. The number of thioether (sulfide) groups is 1. The molecule has 1 aliphatic rings. The minimum absolute atomic E-state index is 0.00603. The first kappa shape index (κ1) is 23.5. The van der Waals surface area contributed by atoms with Gasteiger partial charge in [-0.3, -0.25) is 9.52 Å². The van der Waals surface area contributed by atoms with Crippen LogP contribution in [0.15, 0.2) is 76.5 Å². The molecular formula is C24H23ClN2O4S2. The number of amides is 1. The monoisotopic (exact) mass is 502 g/mol. The molecule has 3 aromatic rings. The number of sulfonamides is 1. The second-order valence-electron chi connectivity index (χ2n) is 7.52. The number of benzene rings is 3. The first-order chi connectivity index (χ1) is 15.9. The Morgan fingerprint density at radius 1 is 1.03 bits per heavy atom. The van der Waals surface area contributed by atoms with Crippen molar-refractivity contribution in [3.8, 4) is 11.5 Å². The molecule has 0 bridgehead atoms. The van der Waals surface area contributed by atoms with Crippen LogP contribution in [0, 0.1) is 0 Å². The highest BCUT2D eigenvalue weighted by atomic mass is 35.5. The standard InChI is InChI=1S/C24H23ClN2O4S2/c1-32-23-12-10-19(16-20(23)24(28)27-13-5-6-14-27)33(29,30)26-21-15-17(25)9-11-22(21)31-18-7-3-2-4-8-18/h2-4,7-12,15-16,26H,5-6,13-14H2,1H3. The van der Waals surface area contributed by atoms with E-state index in [0.29, 0.717) is 35.2 Å². The fourth-order valence-electron chi connectivity index (χ4n) is 3.60. The first-order valence-electron chi connectivity index (χ1n) is 10.4. The van der Waals surface area contributed by atoms with Crippen LogP contribution in [0.2, 0.25) is 5.02 Å². The molecule has 9 heteroatoms. The van der Waals surface area contributed by atoms with E-state index in [1.165, 1.54) is 30.0 Å². The molecule has 0 unspecified atom stereocenters. The van der Waals surface area contributed by atoms with Gasteiger partial charge in [-0.1, -0.05) is 29.8 Å². The fraction of sp³-hybridized carbons (Fsp3) is 0.208. The van der Waals surface area contributed by atoms with Crippen molar-refractivity contribution in [2.45, 2.75) is 22.6 Å². The van der Waals surface area contributed by atoms with E-state index in [4.69, 9.17) is 16.3 Å². The second kappa shape index (κ2) is 10.1. The lowest BCUT2D eigenvalue weighted by atomic mass is 10.2. The summed E-state index contributed by atoms with van der Waals surface area (Å²) in [6, 6.07) is 18.4. The van der Waals surface area contributed by atoms with E-state index in [9.17, 15) is 13.2 Å². The van der Waals surface area contributed by atoms with E-state index in [2.05, 4.69) is 4.72 Å². The Bertz CT molecular complexity index is 1260. The SMILES string of the molecule is CSc1ccc(S(=O)(=O)Nc2cc(Cl)ccc2Oc2ccccc2)cc1C(=O)N1CCCC1. The number of para-hydroxylation sites is 1. The Labute approximate surface area is 203 Å². The highest BCUT2D eigenvalue weighted by molar-refractivity contribution is 7.98. The second-order valence-corrected chi connectivity index (χ2v) is 10.5. The first-order valence-corrected chi connectivity index (χ1v) is 13.5. The summed E-state index contributed by atoms with van der Waals surface area (Å²) >= 11 is 7.54. The quantitative estimate of drug-likeness (QED) is 0.407. The Balaban J connectivity index is 1.66. The van der Waals surface area contributed by atoms with Gasteiger partial charge in [0.1, 0.15) is 5.75 Å². The number of rotatable bonds is 7. The third-order valence-corrected chi connectivity index (χ3v) is 7.66. The normalized spacial score (nSPS) is 13.7. The summed E-state index contributed by atoms with van der Waals surface area (Å²) in [5, 5.41) is 0.357. The van der Waals surface area contributed by atoms with Crippen LogP contribution < -0.4 is 9.46 Å². The summed E-state index contributed by atoms with van der Waals surface area (Å²) in [5.41, 5.74) is 0.590. The van der Waals surface area contributed by atoms with E-state index >= 15 is 0 Å². The topological polar surface area (TPSA) is 75.7 Å². The fourth-order valence-corrected chi connectivity index (χ4v) is 5.43. The van der Waals surface area contributed by atoms with E-state index < -0.39 is 10.0 Å². The smallest absolute Gasteiger partial charge is 0.262 e. The number of likely N-dealkylation sites (tertiary alicyclic amines) is 1. The van der Waals surface area contributed by atoms with Crippen molar-refractivity contribution in [2.24, 2.45) is 0 Å². The van der Waals surface area contributed by atoms with Gasteiger partial charge in [-0.2, -0.15) is 0 Å². The van der Waals surface area contributed by atoms with Crippen LogP contribution in [0.5, 0.6) is 11.5 Å². The molecule has 33 heavy (non-hydrogen) atoms. The zero-order valence-corrected chi connectivity index (χ0v) is 20.3. The summed E-state index contributed by atoms with van der Waals surface area (Å²) in [6.45, 7) is 1.37. The number of hydrogen-bond acceptors (Lipinski definition) is 5. The molecule has 1 heterocycles. The largest absolute Gasteiger partial charge is 0.455 e. The van der Waals surface area contributed by atoms with Gasteiger partial charge < -0.3 is 9.64 Å². The molecule has 0 aliphatic carbocycles. The summed E-state index contributed by atoms with van der Waals surface area (Å²) in [7, 11) is -4.02. The number of nitrogens with zero attached hydrogens (tertiary/aromatic N) is 1. The Morgan fingerprint density at radius 2 is 1.76 bits per heavy atom. The van der Waals surface area contributed by atoms with Crippen molar-refractivity contribution in [1.82, 2.24) is 4.90 Å². The summed E-state index contributed by atoms with van der Waals surface area (Å²) < 4.78 is 35.0. The average molecular weight is 503 g/mol. The summed E-state index contributed by atoms with van der Waals surface area (Å²) in [6.07, 6.45) is 3.78.